The smallest absolute Gasteiger partial charge is 0.253 e. The second-order valence-electron chi connectivity index (χ2n) is 4.39. The minimum Gasteiger partial charge on any atom is -0.380 e. The summed E-state index contributed by atoms with van der Waals surface area (Å²) in [5.41, 5.74) is 6.33. The van der Waals surface area contributed by atoms with E-state index in [4.69, 9.17) is 10.5 Å². The maximum atomic E-state index is 12.0. The average Bonchev–Trinajstić information content (AvgIpc) is 2.50. The number of benzene rings is 1. The molecule has 0 aromatic heterocycles. The Balaban J connectivity index is 0.00000441. The molecule has 0 fully saturated rings. The number of ether oxygens (including phenoxy) is 1. The molecule has 22 heavy (non-hydrogen) atoms. The van der Waals surface area contributed by atoms with E-state index < -0.39 is 0 Å². The lowest BCUT2D eigenvalue weighted by molar-refractivity contribution is -0.118. The molecule has 122 valence electrons. The van der Waals surface area contributed by atoms with Crippen LogP contribution in [-0.2, 0) is 9.53 Å². The van der Waals surface area contributed by atoms with Crippen molar-refractivity contribution in [2.75, 3.05) is 25.5 Å². The summed E-state index contributed by atoms with van der Waals surface area (Å²) >= 11 is 0. The lowest BCUT2D eigenvalue weighted by Gasteiger charge is -2.14. The summed E-state index contributed by atoms with van der Waals surface area (Å²) < 4.78 is 5.06. The molecular formula is C15H22ClN3O3. The lowest BCUT2D eigenvalue weighted by atomic mass is 10.1. The monoisotopic (exact) mass is 327 g/mol. The molecule has 0 radical (unpaired) electrons. The van der Waals surface area contributed by atoms with Gasteiger partial charge in [0.05, 0.1) is 23.8 Å². The predicted octanol–water partition coefficient (Wildman–Crippen LogP) is 1.33. The van der Waals surface area contributed by atoms with Crippen LogP contribution in [0.15, 0.2) is 36.9 Å². The Morgan fingerprint density at radius 1 is 1.41 bits per heavy atom. The van der Waals surface area contributed by atoms with Gasteiger partial charge in [0.1, 0.15) is 0 Å². The molecule has 7 heteroatoms. The van der Waals surface area contributed by atoms with Gasteiger partial charge < -0.3 is 21.1 Å². The molecule has 2 amide bonds. The van der Waals surface area contributed by atoms with E-state index in [2.05, 4.69) is 17.2 Å². The Morgan fingerprint density at radius 2 is 2.09 bits per heavy atom. The van der Waals surface area contributed by atoms with Crippen molar-refractivity contribution in [2.45, 2.75) is 12.5 Å². The highest BCUT2D eigenvalue weighted by Crippen LogP contribution is 2.15. The van der Waals surface area contributed by atoms with E-state index >= 15 is 0 Å². The zero-order valence-electron chi connectivity index (χ0n) is 12.5. The number of amides is 2. The van der Waals surface area contributed by atoms with E-state index in [9.17, 15) is 9.59 Å². The zero-order valence-corrected chi connectivity index (χ0v) is 13.3. The number of carbonyl (C=O) groups excluding carboxylic acids is 2. The minimum absolute atomic E-state index is 0. The molecule has 1 aromatic rings. The molecule has 0 bridgehead atoms. The van der Waals surface area contributed by atoms with E-state index in [0.29, 0.717) is 17.8 Å². The number of hydrogen-bond donors (Lipinski definition) is 3. The molecule has 0 saturated carbocycles. The van der Waals surface area contributed by atoms with E-state index in [1.807, 2.05) is 0 Å². The summed E-state index contributed by atoms with van der Waals surface area (Å²) in [5.74, 6) is -0.524. The molecule has 0 aliphatic rings. The molecule has 1 atom stereocenters. The number of hydrogen-bond acceptors (Lipinski definition) is 4. The van der Waals surface area contributed by atoms with Crippen LogP contribution in [0.3, 0.4) is 0 Å². The lowest BCUT2D eigenvalue weighted by Crippen LogP contribution is -2.29. The molecule has 1 aromatic carbocycles. The highest BCUT2D eigenvalue weighted by Gasteiger charge is 2.15. The van der Waals surface area contributed by atoms with Crippen LogP contribution < -0.4 is 16.4 Å². The molecule has 1 unspecified atom stereocenters. The minimum atomic E-state index is -0.341. The van der Waals surface area contributed by atoms with Gasteiger partial charge >= 0.3 is 0 Å². The molecule has 1 rings (SSSR count). The van der Waals surface area contributed by atoms with E-state index in [1.165, 1.54) is 7.11 Å². The molecule has 4 N–H and O–H groups in total. The van der Waals surface area contributed by atoms with Crippen LogP contribution >= 0.6 is 12.4 Å². The van der Waals surface area contributed by atoms with Gasteiger partial charge in [-0.3, -0.25) is 9.59 Å². The molecular weight excluding hydrogens is 306 g/mol. The quantitative estimate of drug-likeness (QED) is 0.628. The largest absolute Gasteiger partial charge is 0.380 e. The van der Waals surface area contributed by atoms with Crippen LogP contribution in [0, 0.1) is 0 Å². The van der Waals surface area contributed by atoms with Gasteiger partial charge in [0.2, 0.25) is 5.91 Å². The number of nitrogens with one attached hydrogen (secondary N) is 2. The summed E-state index contributed by atoms with van der Waals surface area (Å²) in [4.78, 5) is 23.9. The van der Waals surface area contributed by atoms with Gasteiger partial charge in [0.25, 0.3) is 5.91 Å². The Hall–Kier alpha value is -1.89. The third kappa shape index (κ3) is 6.26. The number of para-hydroxylation sites is 1. The number of rotatable bonds is 8. The van der Waals surface area contributed by atoms with Crippen LogP contribution in [0.1, 0.15) is 16.8 Å². The van der Waals surface area contributed by atoms with Gasteiger partial charge in [0, 0.05) is 20.2 Å². The second-order valence-corrected chi connectivity index (χ2v) is 4.39. The van der Waals surface area contributed by atoms with Crippen molar-refractivity contribution in [3.05, 3.63) is 42.5 Å². The summed E-state index contributed by atoms with van der Waals surface area (Å²) in [6, 6.07) is 6.79. The normalized spacial score (nSPS) is 11.0. The molecule has 6 nitrogen and oxygen atoms in total. The fourth-order valence-electron chi connectivity index (χ4n) is 1.72. The summed E-state index contributed by atoms with van der Waals surface area (Å²) in [6.07, 6.45) is 1.38. The first-order valence-electron chi connectivity index (χ1n) is 6.63. The average molecular weight is 328 g/mol. The number of nitrogens with two attached hydrogens (primary N) is 1. The fourth-order valence-corrected chi connectivity index (χ4v) is 1.72. The Kier molecular flexibility index (Phi) is 9.86. The van der Waals surface area contributed by atoms with Crippen molar-refractivity contribution in [1.29, 1.82) is 0 Å². The third-order valence-corrected chi connectivity index (χ3v) is 2.86. The molecule has 0 aliphatic heterocycles. The van der Waals surface area contributed by atoms with Crippen LogP contribution in [-0.4, -0.2) is 38.1 Å². The highest BCUT2D eigenvalue weighted by atomic mass is 35.5. The summed E-state index contributed by atoms with van der Waals surface area (Å²) in [5, 5.41) is 5.38. The first-order chi connectivity index (χ1) is 10.1. The summed E-state index contributed by atoms with van der Waals surface area (Å²) in [6.45, 7) is 4.15. The van der Waals surface area contributed by atoms with Crippen LogP contribution in [0.5, 0.6) is 0 Å². The molecule has 0 saturated heterocycles. The predicted molar refractivity (Wildman–Crippen MR) is 89.3 cm³/mol. The number of halogens is 1. The van der Waals surface area contributed by atoms with Gasteiger partial charge in [0.15, 0.2) is 0 Å². The molecule has 0 aliphatic carbocycles. The number of carbonyl (C=O) groups is 2. The molecule has 0 spiro atoms. The van der Waals surface area contributed by atoms with Crippen LogP contribution in [0.4, 0.5) is 5.69 Å². The topological polar surface area (TPSA) is 93.5 Å². The van der Waals surface area contributed by atoms with Gasteiger partial charge in [-0.2, -0.15) is 0 Å². The fraction of sp³-hybridized carbons (Fsp3) is 0.333. The van der Waals surface area contributed by atoms with E-state index in [-0.39, 0.29) is 43.3 Å². The Morgan fingerprint density at radius 3 is 2.68 bits per heavy atom. The zero-order chi connectivity index (χ0) is 15.7. The van der Waals surface area contributed by atoms with Crippen molar-refractivity contribution in [2.24, 2.45) is 5.73 Å². The van der Waals surface area contributed by atoms with Gasteiger partial charge in [-0.25, -0.2) is 0 Å². The van der Waals surface area contributed by atoms with E-state index in [0.717, 1.165) is 0 Å². The third-order valence-electron chi connectivity index (χ3n) is 2.86. The molecule has 0 heterocycles. The van der Waals surface area contributed by atoms with Crippen molar-refractivity contribution in [3.8, 4) is 0 Å². The summed E-state index contributed by atoms with van der Waals surface area (Å²) in [7, 11) is 1.50. The van der Waals surface area contributed by atoms with Crippen LogP contribution in [0.2, 0.25) is 0 Å². The maximum Gasteiger partial charge on any atom is 0.253 e. The maximum absolute atomic E-state index is 12.0. The van der Waals surface area contributed by atoms with Gasteiger partial charge in [-0.1, -0.05) is 18.2 Å². The standard InChI is InChI=1S/C15H21N3O3.ClH/c1-3-8-17-15(20)12-6-4-5-7-13(12)18-14(19)9-11(10-16)21-2;/h3-7,11H,1,8-10,16H2,2H3,(H,17,20)(H,18,19);1H. The second kappa shape index (κ2) is 10.8. The van der Waals surface area contributed by atoms with Gasteiger partial charge in [-0.05, 0) is 12.1 Å². The first-order valence-corrected chi connectivity index (χ1v) is 6.63. The highest BCUT2D eigenvalue weighted by molar-refractivity contribution is 6.03. The van der Waals surface area contributed by atoms with Crippen molar-refractivity contribution < 1.29 is 14.3 Å². The van der Waals surface area contributed by atoms with Crippen molar-refractivity contribution in [3.63, 3.8) is 0 Å². The Bertz CT molecular complexity index is 505. The van der Waals surface area contributed by atoms with Crippen LogP contribution in [0.25, 0.3) is 0 Å². The SMILES string of the molecule is C=CCNC(=O)c1ccccc1NC(=O)CC(CN)OC.Cl. The Labute approximate surface area is 136 Å². The number of anilines is 1. The number of methoxy groups -OCH3 is 1. The van der Waals surface area contributed by atoms with Gasteiger partial charge in [-0.15, -0.1) is 19.0 Å². The van der Waals surface area contributed by atoms with E-state index in [1.54, 1.807) is 30.3 Å². The first kappa shape index (κ1) is 20.1. The van der Waals surface area contributed by atoms with Crippen molar-refractivity contribution in [1.82, 2.24) is 5.32 Å². The van der Waals surface area contributed by atoms with Crippen molar-refractivity contribution >= 4 is 29.9 Å².